The van der Waals surface area contributed by atoms with E-state index in [0.29, 0.717) is 23.4 Å². The Labute approximate surface area is 392 Å². The zero-order valence-corrected chi connectivity index (χ0v) is 36.6. The molecule has 9 aromatic carbocycles. The van der Waals surface area contributed by atoms with Gasteiger partial charge in [0.05, 0.1) is 33.5 Å². The van der Waals surface area contributed by atoms with Gasteiger partial charge in [-0.15, -0.1) is 0 Å². The molecule has 0 aliphatic rings. The van der Waals surface area contributed by atoms with Crippen LogP contribution in [0.1, 0.15) is 0 Å². The molecular formula is C61H39N7. The molecule has 318 valence electrons. The summed E-state index contributed by atoms with van der Waals surface area (Å²) in [5, 5.41) is 4.49. The van der Waals surface area contributed by atoms with Crippen molar-refractivity contribution in [1.82, 2.24) is 34.1 Å². The van der Waals surface area contributed by atoms with E-state index in [2.05, 4.69) is 161 Å². The van der Waals surface area contributed by atoms with E-state index in [1.807, 2.05) is 84.9 Å². The minimum atomic E-state index is 0.563. The topological polar surface area (TPSA) is 74.3 Å². The fraction of sp³-hybridized carbons (Fsp3) is 0. The van der Waals surface area contributed by atoms with Crippen molar-refractivity contribution in [1.29, 1.82) is 0 Å². The Morgan fingerprint density at radius 1 is 0.235 bits per heavy atom. The lowest BCUT2D eigenvalue weighted by molar-refractivity contribution is 0.954. The normalized spacial score (nSPS) is 11.5. The Hall–Kier alpha value is -9.33. The van der Waals surface area contributed by atoms with Crippen molar-refractivity contribution in [3.8, 4) is 79.4 Å². The summed E-state index contributed by atoms with van der Waals surface area (Å²) in [6.07, 6.45) is 0. The van der Waals surface area contributed by atoms with Gasteiger partial charge in [0.1, 0.15) is 0 Å². The molecule has 0 fully saturated rings. The lowest BCUT2D eigenvalue weighted by Gasteiger charge is -2.12. The summed E-state index contributed by atoms with van der Waals surface area (Å²) >= 11 is 0. The van der Waals surface area contributed by atoms with Gasteiger partial charge in [-0.05, 0) is 65.7 Å². The monoisotopic (exact) mass is 869 g/mol. The molecule has 0 bridgehead atoms. The quantitative estimate of drug-likeness (QED) is 0.152. The highest BCUT2D eigenvalue weighted by molar-refractivity contribution is 6.19. The highest BCUT2D eigenvalue weighted by Crippen LogP contribution is 2.40. The molecule has 4 aromatic heterocycles. The number of para-hydroxylation sites is 2. The maximum Gasteiger partial charge on any atom is 0.238 e. The van der Waals surface area contributed by atoms with E-state index in [1.54, 1.807) is 0 Å². The molecular weight excluding hydrogens is 831 g/mol. The smallest absolute Gasteiger partial charge is 0.238 e. The van der Waals surface area contributed by atoms with Crippen molar-refractivity contribution in [3.63, 3.8) is 0 Å². The van der Waals surface area contributed by atoms with Crippen molar-refractivity contribution in [3.05, 3.63) is 237 Å². The van der Waals surface area contributed by atoms with Gasteiger partial charge < -0.3 is 4.57 Å². The Kier molecular flexibility index (Phi) is 9.35. The van der Waals surface area contributed by atoms with Crippen LogP contribution in [0.4, 0.5) is 0 Å². The summed E-state index contributed by atoms with van der Waals surface area (Å²) in [5.41, 5.74) is 14.2. The fourth-order valence-corrected chi connectivity index (χ4v) is 9.53. The number of hydrogen-bond donors (Lipinski definition) is 0. The van der Waals surface area contributed by atoms with Crippen LogP contribution in [0.15, 0.2) is 237 Å². The lowest BCUT2D eigenvalue weighted by atomic mass is 10.0. The van der Waals surface area contributed by atoms with Gasteiger partial charge in [-0.1, -0.05) is 182 Å². The average molecular weight is 870 g/mol. The van der Waals surface area contributed by atoms with Gasteiger partial charge in [0.2, 0.25) is 5.95 Å². The van der Waals surface area contributed by atoms with E-state index in [-0.39, 0.29) is 0 Å². The first-order chi connectivity index (χ1) is 33.7. The Bertz CT molecular complexity index is 3920. The van der Waals surface area contributed by atoms with E-state index >= 15 is 0 Å². The first kappa shape index (κ1) is 39.1. The van der Waals surface area contributed by atoms with Crippen LogP contribution in [0.5, 0.6) is 0 Å². The maximum absolute atomic E-state index is 5.20. The van der Waals surface area contributed by atoms with Gasteiger partial charge in [-0.3, -0.25) is 4.57 Å². The van der Waals surface area contributed by atoms with Gasteiger partial charge in [0.25, 0.3) is 0 Å². The van der Waals surface area contributed by atoms with Crippen molar-refractivity contribution in [2.75, 3.05) is 0 Å². The molecule has 0 amide bonds. The van der Waals surface area contributed by atoms with Crippen LogP contribution in [-0.2, 0) is 0 Å². The van der Waals surface area contributed by atoms with Gasteiger partial charge >= 0.3 is 0 Å². The molecule has 0 aliphatic carbocycles. The van der Waals surface area contributed by atoms with Crippen LogP contribution in [0.3, 0.4) is 0 Å². The van der Waals surface area contributed by atoms with E-state index < -0.39 is 0 Å². The molecule has 4 heterocycles. The summed E-state index contributed by atoms with van der Waals surface area (Å²) in [6, 6.07) is 82.2. The number of rotatable bonds is 8. The zero-order valence-electron chi connectivity index (χ0n) is 36.6. The molecule has 0 atom stereocenters. The zero-order chi connectivity index (χ0) is 45.0. The van der Waals surface area contributed by atoms with Crippen molar-refractivity contribution in [2.24, 2.45) is 0 Å². The number of nitrogens with zero attached hydrogens (tertiary/aromatic N) is 7. The second-order valence-corrected chi connectivity index (χ2v) is 16.9. The van der Waals surface area contributed by atoms with E-state index in [4.69, 9.17) is 24.9 Å². The second kappa shape index (κ2) is 16.3. The van der Waals surface area contributed by atoms with E-state index in [9.17, 15) is 0 Å². The van der Waals surface area contributed by atoms with Crippen molar-refractivity contribution < 1.29 is 0 Å². The molecule has 0 saturated carbocycles. The predicted octanol–water partition coefficient (Wildman–Crippen LogP) is 14.9. The molecule has 7 nitrogen and oxygen atoms in total. The first-order valence-electron chi connectivity index (χ1n) is 22.7. The molecule has 7 heteroatoms. The summed E-state index contributed by atoms with van der Waals surface area (Å²) in [6.45, 7) is 0. The third-order valence-corrected chi connectivity index (χ3v) is 12.8. The predicted molar refractivity (Wildman–Crippen MR) is 277 cm³/mol. The SMILES string of the molecule is c1ccc(-c2ccc(-c3cc(-c4ccccc4)nc(-c4ccc(-n5c6ccccc6c6cc7c(cc65)c5ccccc5n7-c5nc(-c6ccccc6)nc(-c6ccccc6)n5)cc4)n3)cc2)cc1. The molecule has 13 rings (SSSR count). The molecule has 13 aromatic rings. The molecule has 0 aliphatic heterocycles. The number of fused-ring (bicyclic) bond motifs is 6. The van der Waals surface area contributed by atoms with Crippen LogP contribution in [0.2, 0.25) is 0 Å². The average Bonchev–Trinajstić information content (AvgIpc) is 3.93. The third-order valence-electron chi connectivity index (χ3n) is 12.8. The first-order valence-corrected chi connectivity index (χ1v) is 22.7. The number of benzene rings is 9. The largest absolute Gasteiger partial charge is 0.309 e. The fourth-order valence-electron chi connectivity index (χ4n) is 9.53. The molecule has 68 heavy (non-hydrogen) atoms. The van der Waals surface area contributed by atoms with E-state index in [1.165, 1.54) is 5.56 Å². The number of aromatic nitrogens is 7. The van der Waals surface area contributed by atoms with Crippen LogP contribution < -0.4 is 0 Å². The minimum Gasteiger partial charge on any atom is -0.309 e. The highest BCUT2D eigenvalue weighted by Gasteiger charge is 2.21. The Morgan fingerprint density at radius 2 is 0.603 bits per heavy atom. The summed E-state index contributed by atoms with van der Waals surface area (Å²) < 4.78 is 4.56. The summed E-state index contributed by atoms with van der Waals surface area (Å²) in [4.78, 5) is 25.7. The highest BCUT2D eigenvalue weighted by atomic mass is 15.2. The lowest BCUT2D eigenvalue weighted by Crippen LogP contribution is -2.06. The summed E-state index contributed by atoms with van der Waals surface area (Å²) in [5.74, 6) is 2.47. The molecule has 0 radical (unpaired) electrons. The van der Waals surface area contributed by atoms with Crippen LogP contribution in [0, 0.1) is 0 Å². The van der Waals surface area contributed by atoms with Crippen LogP contribution in [0.25, 0.3) is 123 Å². The van der Waals surface area contributed by atoms with Crippen LogP contribution in [-0.4, -0.2) is 34.1 Å². The molecule has 0 saturated heterocycles. The number of hydrogen-bond acceptors (Lipinski definition) is 5. The second-order valence-electron chi connectivity index (χ2n) is 16.9. The maximum atomic E-state index is 5.20. The van der Waals surface area contributed by atoms with Gasteiger partial charge in [0.15, 0.2) is 17.5 Å². The molecule has 0 N–H and O–H groups in total. The van der Waals surface area contributed by atoms with E-state index in [0.717, 1.165) is 94.1 Å². The van der Waals surface area contributed by atoms with Gasteiger partial charge in [-0.25, -0.2) is 15.0 Å². The van der Waals surface area contributed by atoms with Gasteiger partial charge in [0, 0.05) is 55.0 Å². The summed E-state index contributed by atoms with van der Waals surface area (Å²) in [7, 11) is 0. The standard InChI is InChI=1S/C61H39N7/c1-5-17-40(18-6-1)41-29-31-43(32-30-41)53-39-52(42-19-7-2-8-20-42)62-58(63-53)46-33-35-47(36-34-46)67-54-27-15-13-25-48(54)50-38-57-51(37-56(50)67)49-26-14-16-28-55(49)68(57)61-65-59(44-21-9-3-10-22-44)64-60(66-61)45-23-11-4-12-24-45/h1-39H. The molecule has 0 spiro atoms. The Morgan fingerprint density at radius 3 is 1.15 bits per heavy atom. The van der Waals surface area contributed by atoms with Crippen molar-refractivity contribution in [2.45, 2.75) is 0 Å². The minimum absolute atomic E-state index is 0.563. The van der Waals surface area contributed by atoms with Crippen LogP contribution >= 0.6 is 0 Å². The van der Waals surface area contributed by atoms with Crippen molar-refractivity contribution >= 4 is 43.6 Å². The third kappa shape index (κ3) is 6.80. The molecule has 0 unspecified atom stereocenters. The van der Waals surface area contributed by atoms with Gasteiger partial charge in [-0.2, -0.15) is 9.97 Å². The Balaban J connectivity index is 0.953.